The van der Waals surface area contributed by atoms with Crippen LogP contribution in [0.1, 0.15) is 54.2 Å². The van der Waals surface area contributed by atoms with E-state index < -0.39 is 0 Å². The maximum absolute atomic E-state index is 13.1. The number of nitrogens with zero attached hydrogens (tertiary/aromatic N) is 2. The zero-order valence-electron chi connectivity index (χ0n) is 15.0. The summed E-state index contributed by atoms with van der Waals surface area (Å²) in [6.07, 6.45) is 5.38. The second-order valence-electron chi connectivity index (χ2n) is 7.14. The Morgan fingerprint density at radius 1 is 1.04 bits per heavy atom. The highest BCUT2D eigenvalue weighted by Crippen LogP contribution is 2.31. The molecule has 1 saturated carbocycles. The topological polar surface area (TPSA) is 52.0 Å². The van der Waals surface area contributed by atoms with Gasteiger partial charge in [-0.3, -0.25) is 14.2 Å². The molecule has 138 valence electrons. The second kappa shape index (κ2) is 7.43. The van der Waals surface area contributed by atoms with Crippen molar-refractivity contribution in [2.45, 2.75) is 44.6 Å². The molecule has 0 saturated heterocycles. The van der Waals surface area contributed by atoms with Gasteiger partial charge in [0.15, 0.2) is 5.78 Å². The van der Waals surface area contributed by atoms with Crippen molar-refractivity contribution < 1.29 is 9.18 Å². The van der Waals surface area contributed by atoms with Gasteiger partial charge in [-0.1, -0.05) is 31.4 Å². The number of halogens is 1. The van der Waals surface area contributed by atoms with Gasteiger partial charge in [0.05, 0.1) is 17.4 Å². The summed E-state index contributed by atoms with van der Waals surface area (Å²) in [6.45, 7) is -0.0753. The molecule has 0 spiro atoms. The van der Waals surface area contributed by atoms with E-state index in [4.69, 9.17) is 4.98 Å². The van der Waals surface area contributed by atoms with E-state index in [1.165, 1.54) is 35.3 Å². The third kappa shape index (κ3) is 3.54. The fourth-order valence-corrected chi connectivity index (χ4v) is 3.88. The van der Waals surface area contributed by atoms with E-state index in [1.807, 2.05) is 12.1 Å². The third-order valence-corrected chi connectivity index (χ3v) is 5.33. The van der Waals surface area contributed by atoms with Crippen molar-refractivity contribution in [3.05, 3.63) is 76.1 Å². The molecule has 0 bridgehead atoms. The summed E-state index contributed by atoms with van der Waals surface area (Å²) in [5.74, 6) is 0.288. The SMILES string of the molecule is O=C(Cn1c(C2CCCCC2)nc2ccccc2c1=O)c1ccc(F)cc1. The van der Waals surface area contributed by atoms with Gasteiger partial charge in [-0.25, -0.2) is 9.37 Å². The zero-order valence-corrected chi connectivity index (χ0v) is 15.0. The van der Waals surface area contributed by atoms with E-state index in [0.29, 0.717) is 22.3 Å². The first kappa shape index (κ1) is 17.6. The molecule has 1 aromatic heterocycles. The van der Waals surface area contributed by atoms with Gasteiger partial charge in [-0.05, 0) is 49.2 Å². The van der Waals surface area contributed by atoms with Crippen LogP contribution in [0.25, 0.3) is 10.9 Å². The van der Waals surface area contributed by atoms with Crippen molar-refractivity contribution in [1.29, 1.82) is 0 Å². The highest BCUT2D eigenvalue weighted by atomic mass is 19.1. The molecule has 0 amide bonds. The van der Waals surface area contributed by atoms with Crippen LogP contribution in [-0.4, -0.2) is 15.3 Å². The lowest BCUT2D eigenvalue weighted by Gasteiger charge is -2.24. The van der Waals surface area contributed by atoms with Gasteiger partial charge < -0.3 is 0 Å². The molecule has 0 aliphatic heterocycles. The molecule has 0 atom stereocenters. The van der Waals surface area contributed by atoms with Crippen molar-refractivity contribution in [3.63, 3.8) is 0 Å². The highest BCUT2D eigenvalue weighted by Gasteiger charge is 2.23. The first-order valence-electron chi connectivity index (χ1n) is 9.42. The van der Waals surface area contributed by atoms with Gasteiger partial charge in [0.1, 0.15) is 11.6 Å². The monoisotopic (exact) mass is 364 g/mol. The smallest absolute Gasteiger partial charge is 0.261 e. The van der Waals surface area contributed by atoms with E-state index in [9.17, 15) is 14.0 Å². The largest absolute Gasteiger partial charge is 0.292 e. The van der Waals surface area contributed by atoms with Crippen LogP contribution in [0.15, 0.2) is 53.3 Å². The Morgan fingerprint density at radius 3 is 2.48 bits per heavy atom. The molecule has 1 fully saturated rings. The zero-order chi connectivity index (χ0) is 18.8. The maximum atomic E-state index is 13.1. The Hall–Kier alpha value is -2.82. The summed E-state index contributed by atoms with van der Waals surface area (Å²) in [4.78, 5) is 30.6. The third-order valence-electron chi connectivity index (χ3n) is 5.33. The Balaban J connectivity index is 1.79. The van der Waals surface area contributed by atoms with Crippen LogP contribution in [0, 0.1) is 5.82 Å². The first-order valence-corrected chi connectivity index (χ1v) is 9.42. The van der Waals surface area contributed by atoms with E-state index in [2.05, 4.69) is 0 Å². The van der Waals surface area contributed by atoms with Gasteiger partial charge >= 0.3 is 0 Å². The molecule has 1 aliphatic rings. The minimum atomic E-state index is -0.390. The lowest BCUT2D eigenvalue weighted by atomic mass is 9.88. The van der Waals surface area contributed by atoms with Crippen molar-refractivity contribution in [1.82, 2.24) is 9.55 Å². The fraction of sp³-hybridized carbons (Fsp3) is 0.318. The van der Waals surface area contributed by atoms with Gasteiger partial charge in [0, 0.05) is 11.5 Å². The number of fused-ring (bicyclic) bond motifs is 1. The van der Waals surface area contributed by atoms with Crippen LogP contribution < -0.4 is 5.56 Å². The average molecular weight is 364 g/mol. The number of aromatic nitrogens is 2. The number of carbonyl (C=O) groups excluding carboxylic acids is 1. The minimum Gasteiger partial charge on any atom is -0.292 e. The lowest BCUT2D eigenvalue weighted by Crippen LogP contribution is -2.30. The number of hydrogen-bond donors (Lipinski definition) is 0. The Bertz CT molecular complexity index is 1030. The Labute approximate surface area is 156 Å². The molecular formula is C22H21FN2O2. The van der Waals surface area contributed by atoms with E-state index in [-0.39, 0.29) is 29.6 Å². The van der Waals surface area contributed by atoms with E-state index in [0.717, 1.165) is 25.7 Å². The first-order chi connectivity index (χ1) is 13.1. The maximum Gasteiger partial charge on any atom is 0.261 e. The van der Waals surface area contributed by atoms with Gasteiger partial charge in [-0.15, -0.1) is 0 Å². The number of carbonyl (C=O) groups is 1. The molecule has 0 radical (unpaired) electrons. The summed E-state index contributed by atoms with van der Waals surface area (Å²) in [5, 5.41) is 0.518. The van der Waals surface area contributed by atoms with Crippen LogP contribution in [0.3, 0.4) is 0 Å². The van der Waals surface area contributed by atoms with E-state index in [1.54, 1.807) is 12.1 Å². The molecule has 3 aromatic rings. The molecule has 4 nitrogen and oxygen atoms in total. The van der Waals surface area contributed by atoms with Gasteiger partial charge in [-0.2, -0.15) is 0 Å². The average Bonchev–Trinajstić information content (AvgIpc) is 2.71. The molecule has 0 N–H and O–H groups in total. The van der Waals surface area contributed by atoms with Crippen molar-refractivity contribution >= 4 is 16.7 Å². The predicted molar refractivity (Wildman–Crippen MR) is 103 cm³/mol. The number of para-hydroxylation sites is 1. The normalized spacial score (nSPS) is 15.1. The quantitative estimate of drug-likeness (QED) is 0.642. The van der Waals surface area contributed by atoms with Crippen LogP contribution in [0.2, 0.25) is 0 Å². The summed E-state index contributed by atoms with van der Waals surface area (Å²) >= 11 is 0. The number of hydrogen-bond acceptors (Lipinski definition) is 3. The van der Waals surface area contributed by atoms with Crippen LogP contribution in [-0.2, 0) is 6.54 Å². The number of Topliss-reactive ketones (excluding diaryl/α,β-unsaturated/α-hetero) is 1. The summed E-state index contributed by atoms with van der Waals surface area (Å²) < 4.78 is 14.7. The van der Waals surface area contributed by atoms with Crippen LogP contribution in [0.4, 0.5) is 4.39 Å². The number of ketones is 1. The molecule has 1 aliphatic carbocycles. The molecule has 0 unspecified atom stereocenters. The molecule has 2 aromatic carbocycles. The summed E-state index contributed by atoms with van der Waals surface area (Å²) in [7, 11) is 0. The van der Waals surface area contributed by atoms with Crippen molar-refractivity contribution in [2.24, 2.45) is 0 Å². The van der Waals surface area contributed by atoms with Gasteiger partial charge in [0.2, 0.25) is 0 Å². The molecule has 4 rings (SSSR count). The standard InChI is InChI=1S/C22H21FN2O2/c23-17-12-10-15(11-13-17)20(26)14-25-21(16-6-2-1-3-7-16)24-19-9-5-4-8-18(19)22(25)27/h4-5,8-13,16H,1-3,6-7,14H2. The Morgan fingerprint density at radius 2 is 1.74 bits per heavy atom. The molecule has 27 heavy (non-hydrogen) atoms. The number of rotatable bonds is 4. The van der Waals surface area contributed by atoms with Gasteiger partial charge in [0.25, 0.3) is 5.56 Å². The minimum absolute atomic E-state index is 0.0753. The van der Waals surface area contributed by atoms with Crippen LogP contribution in [0.5, 0.6) is 0 Å². The fourth-order valence-electron chi connectivity index (χ4n) is 3.88. The predicted octanol–water partition coefficient (Wildman–Crippen LogP) is 4.47. The van der Waals surface area contributed by atoms with Crippen molar-refractivity contribution in [3.8, 4) is 0 Å². The molecular weight excluding hydrogens is 343 g/mol. The number of benzene rings is 2. The molecule has 5 heteroatoms. The lowest BCUT2D eigenvalue weighted by molar-refractivity contribution is 0.0968. The summed E-state index contributed by atoms with van der Waals surface area (Å²) in [6, 6.07) is 12.7. The van der Waals surface area contributed by atoms with E-state index >= 15 is 0 Å². The van der Waals surface area contributed by atoms with Crippen LogP contribution >= 0.6 is 0 Å². The summed E-state index contributed by atoms with van der Waals surface area (Å²) in [5.41, 5.74) is 0.885. The Kier molecular flexibility index (Phi) is 4.84. The highest BCUT2D eigenvalue weighted by molar-refractivity contribution is 5.96. The molecule has 1 heterocycles. The second-order valence-corrected chi connectivity index (χ2v) is 7.14. The van der Waals surface area contributed by atoms with Crippen molar-refractivity contribution in [2.75, 3.05) is 0 Å².